The van der Waals surface area contributed by atoms with Crippen LogP contribution in [0, 0.1) is 6.92 Å². The van der Waals surface area contributed by atoms with Gasteiger partial charge in [-0.15, -0.1) is 11.3 Å². The van der Waals surface area contributed by atoms with Gasteiger partial charge in [-0.1, -0.05) is 23.7 Å². The van der Waals surface area contributed by atoms with Gasteiger partial charge in [0, 0.05) is 11.1 Å². The Bertz CT molecular complexity index is 1040. The van der Waals surface area contributed by atoms with E-state index in [-0.39, 0.29) is 12.1 Å². The molecule has 2 aromatic heterocycles. The van der Waals surface area contributed by atoms with Crippen LogP contribution < -0.4 is 16.6 Å². The zero-order valence-corrected chi connectivity index (χ0v) is 14.8. The summed E-state index contributed by atoms with van der Waals surface area (Å²) in [5.74, 6) is -0.632. The van der Waals surface area contributed by atoms with E-state index in [9.17, 15) is 14.4 Å². The molecular formula is C17H14ClN3O3S. The van der Waals surface area contributed by atoms with E-state index in [1.54, 1.807) is 18.2 Å². The molecule has 0 aliphatic carbocycles. The molecule has 0 aliphatic heterocycles. The number of carbonyl (C=O) groups is 1. The molecule has 0 saturated heterocycles. The molecule has 2 N–H and O–H groups in total. The number of halogens is 1. The van der Waals surface area contributed by atoms with Gasteiger partial charge >= 0.3 is 5.69 Å². The van der Waals surface area contributed by atoms with E-state index in [2.05, 4.69) is 10.3 Å². The lowest BCUT2D eigenvalue weighted by Gasteiger charge is -2.09. The molecule has 3 rings (SSSR count). The van der Waals surface area contributed by atoms with Crippen molar-refractivity contribution in [2.75, 3.05) is 5.32 Å². The molecule has 8 heteroatoms. The number of carbonyl (C=O) groups excluding carboxylic acids is 1. The first-order chi connectivity index (χ1) is 12.0. The highest BCUT2D eigenvalue weighted by atomic mass is 35.5. The molecule has 6 nitrogen and oxygen atoms in total. The van der Waals surface area contributed by atoms with Gasteiger partial charge in [0.2, 0.25) is 0 Å². The summed E-state index contributed by atoms with van der Waals surface area (Å²) in [5.41, 5.74) is -0.0352. The van der Waals surface area contributed by atoms with E-state index in [1.165, 1.54) is 11.3 Å². The maximum Gasteiger partial charge on any atom is 0.328 e. The number of benzene rings is 1. The van der Waals surface area contributed by atoms with Crippen LogP contribution in [-0.4, -0.2) is 15.5 Å². The third kappa shape index (κ3) is 3.72. The molecule has 0 fully saturated rings. The van der Waals surface area contributed by atoms with Crippen LogP contribution in [0.3, 0.4) is 0 Å². The van der Waals surface area contributed by atoms with Crippen LogP contribution in [0.4, 0.5) is 5.69 Å². The first kappa shape index (κ1) is 17.2. The van der Waals surface area contributed by atoms with Gasteiger partial charge in [0.1, 0.15) is 5.56 Å². The summed E-state index contributed by atoms with van der Waals surface area (Å²) in [7, 11) is 0. The smallest absolute Gasteiger partial charge is 0.320 e. The number of aromatic nitrogens is 2. The molecular weight excluding hydrogens is 362 g/mol. The predicted molar refractivity (Wildman–Crippen MR) is 98.9 cm³/mol. The molecule has 2 heterocycles. The van der Waals surface area contributed by atoms with Crippen molar-refractivity contribution in [3.05, 3.63) is 83.8 Å². The van der Waals surface area contributed by atoms with Crippen LogP contribution in [0.15, 0.2) is 51.5 Å². The zero-order chi connectivity index (χ0) is 18.0. The maximum absolute atomic E-state index is 12.5. The fraction of sp³-hybridized carbons (Fsp3) is 0.118. The van der Waals surface area contributed by atoms with Gasteiger partial charge in [-0.2, -0.15) is 0 Å². The first-order valence-electron chi connectivity index (χ1n) is 7.38. The van der Waals surface area contributed by atoms with Gasteiger partial charge in [-0.05, 0) is 36.1 Å². The van der Waals surface area contributed by atoms with Gasteiger partial charge in [0.15, 0.2) is 0 Å². The molecule has 0 spiro atoms. The molecule has 0 radical (unpaired) electrons. The number of aromatic amines is 1. The van der Waals surface area contributed by atoms with E-state index in [1.807, 2.05) is 24.4 Å². The van der Waals surface area contributed by atoms with Crippen LogP contribution >= 0.6 is 22.9 Å². The molecule has 1 amide bonds. The van der Waals surface area contributed by atoms with E-state index >= 15 is 0 Å². The van der Waals surface area contributed by atoms with Crippen molar-refractivity contribution in [2.45, 2.75) is 13.5 Å². The number of rotatable bonds is 4. The average molecular weight is 376 g/mol. The van der Waals surface area contributed by atoms with Crippen LogP contribution in [0.25, 0.3) is 0 Å². The SMILES string of the molecule is Cc1ccc(NC(=O)c2c[nH]c(=O)n(Cc3cccs3)c2=O)c(Cl)c1. The van der Waals surface area contributed by atoms with Gasteiger partial charge in [0.25, 0.3) is 11.5 Å². The Balaban J connectivity index is 1.93. The van der Waals surface area contributed by atoms with Crippen LogP contribution in [-0.2, 0) is 6.54 Å². The minimum absolute atomic E-state index is 0.109. The Hall–Kier alpha value is -2.64. The summed E-state index contributed by atoms with van der Waals surface area (Å²) < 4.78 is 0.998. The Morgan fingerprint density at radius 1 is 1.32 bits per heavy atom. The normalized spacial score (nSPS) is 10.6. The largest absolute Gasteiger partial charge is 0.328 e. The van der Waals surface area contributed by atoms with Gasteiger partial charge in [-0.3, -0.25) is 14.2 Å². The van der Waals surface area contributed by atoms with E-state index in [0.29, 0.717) is 10.7 Å². The van der Waals surface area contributed by atoms with Crippen molar-refractivity contribution in [1.82, 2.24) is 9.55 Å². The summed E-state index contributed by atoms with van der Waals surface area (Å²) in [6.07, 6.45) is 1.12. The Morgan fingerprint density at radius 3 is 2.80 bits per heavy atom. The molecule has 128 valence electrons. The number of aryl methyl sites for hydroxylation is 1. The van der Waals surface area contributed by atoms with E-state index < -0.39 is 17.2 Å². The lowest BCUT2D eigenvalue weighted by Crippen LogP contribution is -2.39. The van der Waals surface area contributed by atoms with Crippen molar-refractivity contribution in [3.8, 4) is 0 Å². The van der Waals surface area contributed by atoms with Crippen LogP contribution in [0.5, 0.6) is 0 Å². The Labute approximate surface area is 151 Å². The molecule has 3 aromatic rings. The summed E-state index contributed by atoms with van der Waals surface area (Å²) in [5, 5.41) is 4.82. The Kier molecular flexibility index (Phi) is 4.87. The monoisotopic (exact) mass is 375 g/mol. The fourth-order valence-electron chi connectivity index (χ4n) is 2.29. The first-order valence-corrected chi connectivity index (χ1v) is 8.64. The topological polar surface area (TPSA) is 84.0 Å². The number of nitrogens with zero attached hydrogens (tertiary/aromatic N) is 1. The predicted octanol–water partition coefficient (Wildman–Crippen LogP) is 2.86. The zero-order valence-electron chi connectivity index (χ0n) is 13.2. The number of anilines is 1. The third-order valence-electron chi connectivity index (χ3n) is 3.57. The molecule has 0 atom stereocenters. The summed E-state index contributed by atoms with van der Waals surface area (Å²) in [4.78, 5) is 40.2. The van der Waals surface area contributed by atoms with Crippen molar-refractivity contribution in [3.63, 3.8) is 0 Å². The lowest BCUT2D eigenvalue weighted by molar-refractivity contribution is 0.102. The molecule has 1 aromatic carbocycles. The number of amides is 1. The third-order valence-corrected chi connectivity index (χ3v) is 4.75. The molecule has 25 heavy (non-hydrogen) atoms. The number of hydrogen-bond acceptors (Lipinski definition) is 4. The van der Waals surface area contributed by atoms with Crippen molar-refractivity contribution in [1.29, 1.82) is 0 Å². The maximum atomic E-state index is 12.5. The molecule has 0 aliphatic rings. The number of thiophene rings is 1. The number of hydrogen-bond donors (Lipinski definition) is 2. The van der Waals surface area contributed by atoms with Crippen molar-refractivity contribution in [2.24, 2.45) is 0 Å². The van der Waals surface area contributed by atoms with Gasteiger partial charge in [0.05, 0.1) is 17.3 Å². The second-order valence-corrected chi connectivity index (χ2v) is 6.86. The standard InChI is InChI=1S/C17H14ClN3O3S/c1-10-4-5-14(13(18)7-10)20-15(22)12-8-19-17(24)21(16(12)23)9-11-3-2-6-25-11/h2-8H,9H2,1H3,(H,19,24)(H,20,22). The highest BCUT2D eigenvalue weighted by Crippen LogP contribution is 2.22. The highest BCUT2D eigenvalue weighted by molar-refractivity contribution is 7.09. The van der Waals surface area contributed by atoms with E-state index in [0.717, 1.165) is 21.2 Å². The minimum Gasteiger partial charge on any atom is -0.320 e. The van der Waals surface area contributed by atoms with Gasteiger partial charge in [-0.25, -0.2) is 4.79 Å². The summed E-state index contributed by atoms with van der Waals surface area (Å²) >= 11 is 7.52. The quantitative estimate of drug-likeness (QED) is 0.735. The molecule has 0 bridgehead atoms. The van der Waals surface area contributed by atoms with Crippen molar-refractivity contribution >= 4 is 34.5 Å². The molecule has 0 unspecified atom stereocenters. The van der Waals surface area contributed by atoms with Crippen molar-refractivity contribution < 1.29 is 4.79 Å². The number of H-pyrrole nitrogens is 1. The average Bonchev–Trinajstić information content (AvgIpc) is 3.07. The fourth-order valence-corrected chi connectivity index (χ4v) is 3.26. The van der Waals surface area contributed by atoms with Gasteiger partial charge < -0.3 is 10.3 Å². The van der Waals surface area contributed by atoms with Crippen LogP contribution in [0.1, 0.15) is 20.8 Å². The second kappa shape index (κ2) is 7.08. The minimum atomic E-state index is -0.655. The molecule has 0 saturated carbocycles. The number of nitrogens with one attached hydrogen (secondary N) is 2. The van der Waals surface area contributed by atoms with E-state index in [4.69, 9.17) is 11.6 Å². The lowest BCUT2D eigenvalue weighted by atomic mass is 10.2. The summed E-state index contributed by atoms with van der Waals surface area (Å²) in [6, 6.07) is 8.80. The Morgan fingerprint density at radius 2 is 2.12 bits per heavy atom. The highest BCUT2D eigenvalue weighted by Gasteiger charge is 2.16. The second-order valence-electron chi connectivity index (χ2n) is 5.42. The van der Waals surface area contributed by atoms with Crippen LogP contribution in [0.2, 0.25) is 5.02 Å². The summed E-state index contributed by atoms with van der Waals surface area (Å²) in [6.45, 7) is 1.99.